The Morgan fingerprint density at radius 1 is 1.29 bits per heavy atom. The van der Waals surface area contributed by atoms with E-state index in [0.717, 1.165) is 37.3 Å². The number of aromatic carboxylic acids is 1. The summed E-state index contributed by atoms with van der Waals surface area (Å²) in [4.78, 5) is 13.3. The molecular weight excluding hydrogens is 266 g/mol. The van der Waals surface area contributed by atoms with Crippen LogP contribution in [-0.2, 0) is 33.1 Å². The summed E-state index contributed by atoms with van der Waals surface area (Å²) in [7, 11) is 1.97. The Hall–Kier alpha value is -2.14. The van der Waals surface area contributed by atoms with Gasteiger partial charge in [0.15, 0.2) is 0 Å². The molecule has 110 valence electrons. The van der Waals surface area contributed by atoms with E-state index < -0.39 is 5.97 Å². The summed E-state index contributed by atoms with van der Waals surface area (Å²) in [5.74, 6) is -0.865. The SMILES string of the molecule is CCc1cc(CN2Cc3ccc(C(=O)O)cc3C2)n(C)n1. The van der Waals surface area contributed by atoms with Crippen LogP contribution < -0.4 is 0 Å². The van der Waals surface area contributed by atoms with Gasteiger partial charge in [-0.1, -0.05) is 13.0 Å². The Kier molecular flexibility index (Phi) is 3.51. The van der Waals surface area contributed by atoms with Crippen molar-refractivity contribution in [3.8, 4) is 0 Å². The zero-order valence-electron chi connectivity index (χ0n) is 12.3. The molecule has 1 aliphatic rings. The molecule has 0 aliphatic carbocycles. The van der Waals surface area contributed by atoms with Crippen LogP contribution in [0, 0.1) is 0 Å². The van der Waals surface area contributed by atoms with Crippen molar-refractivity contribution in [3.05, 3.63) is 52.3 Å². The Morgan fingerprint density at radius 2 is 2.05 bits per heavy atom. The second-order valence-corrected chi connectivity index (χ2v) is 5.54. The third-order valence-corrected chi connectivity index (χ3v) is 4.02. The van der Waals surface area contributed by atoms with Crippen LogP contribution in [0.15, 0.2) is 24.3 Å². The maximum Gasteiger partial charge on any atom is 0.335 e. The molecule has 0 radical (unpaired) electrons. The Morgan fingerprint density at radius 3 is 2.71 bits per heavy atom. The fourth-order valence-corrected chi connectivity index (χ4v) is 2.83. The highest BCUT2D eigenvalue weighted by atomic mass is 16.4. The number of rotatable bonds is 4. The highest BCUT2D eigenvalue weighted by Crippen LogP contribution is 2.25. The second kappa shape index (κ2) is 5.33. The number of carbonyl (C=O) groups is 1. The number of nitrogens with zero attached hydrogens (tertiary/aromatic N) is 3. The van der Waals surface area contributed by atoms with Crippen molar-refractivity contribution in [2.24, 2.45) is 7.05 Å². The smallest absolute Gasteiger partial charge is 0.335 e. The van der Waals surface area contributed by atoms with Gasteiger partial charge in [-0.3, -0.25) is 9.58 Å². The number of hydrogen-bond donors (Lipinski definition) is 1. The predicted molar refractivity (Wildman–Crippen MR) is 78.9 cm³/mol. The molecule has 0 unspecified atom stereocenters. The van der Waals surface area contributed by atoms with Gasteiger partial charge in [-0.25, -0.2) is 4.79 Å². The van der Waals surface area contributed by atoms with Gasteiger partial charge >= 0.3 is 5.97 Å². The number of carboxylic acids is 1. The third kappa shape index (κ3) is 2.69. The maximum atomic E-state index is 11.0. The van der Waals surface area contributed by atoms with Crippen LogP contribution >= 0.6 is 0 Å². The summed E-state index contributed by atoms with van der Waals surface area (Å²) in [5.41, 5.74) is 5.01. The molecule has 2 heterocycles. The lowest BCUT2D eigenvalue weighted by Gasteiger charge is -2.14. The van der Waals surface area contributed by atoms with Crippen LogP contribution in [0.25, 0.3) is 0 Å². The second-order valence-electron chi connectivity index (χ2n) is 5.54. The number of aryl methyl sites for hydroxylation is 2. The van der Waals surface area contributed by atoms with E-state index in [9.17, 15) is 4.79 Å². The highest BCUT2D eigenvalue weighted by molar-refractivity contribution is 5.87. The van der Waals surface area contributed by atoms with E-state index in [-0.39, 0.29) is 0 Å². The van der Waals surface area contributed by atoms with Crippen LogP contribution in [-0.4, -0.2) is 25.8 Å². The first kappa shape index (κ1) is 13.8. The summed E-state index contributed by atoms with van der Waals surface area (Å²) in [5, 5.41) is 13.5. The fraction of sp³-hybridized carbons (Fsp3) is 0.375. The van der Waals surface area contributed by atoms with Crippen LogP contribution in [0.5, 0.6) is 0 Å². The van der Waals surface area contributed by atoms with E-state index in [1.54, 1.807) is 12.1 Å². The van der Waals surface area contributed by atoms with Gasteiger partial charge in [0.05, 0.1) is 17.0 Å². The number of carboxylic acid groups (broad SMARTS) is 1. The Labute approximate surface area is 123 Å². The molecule has 0 spiro atoms. The van der Waals surface area contributed by atoms with Crippen LogP contribution in [0.4, 0.5) is 0 Å². The van der Waals surface area contributed by atoms with Crippen molar-refractivity contribution in [1.29, 1.82) is 0 Å². The third-order valence-electron chi connectivity index (χ3n) is 4.02. The van der Waals surface area contributed by atoms with Gasteiger partial charge in [-0.05, 0) is 35.7 Å². The summed E-state index contributed by atoms with van der Waals surface area (Å²) in [6, 6.07) is 7.55. The minimum atomic E-state index is -0.865. The molecule has 2 aromatic rings. The predicted octanol–water partition coefficient (Wildman–Crippen LogP) is 2.20. The lowest BCUT2D eigenvalue weighted by atomic mass is 10.1. The maximum absolute atomic E-state index is 11.0. The molecule has 3 rings (SSSR count). The molecule has 1 aromatic carbocycles. The van der Waals surface area contributed by atoms with E-state index in [4.69, 9.17) is 5.11 Å². The van der Waals surface area contributed by atoms with E-state index in [1.165, 1.54) is 11.3 Å². The Balaban J connectivity index is 1.75. The zero-order chi connectivity index (χ0) is 15.0. The molecule has 0 fully saturated rings. The molecule has 0 amide bonds. The average molecular weight is 285 g/mol. The van der Waals surface area contributed by atoms with Crippen molar-refractivity contribution in [1.82, 2.24) is 14.7 Å². The largest absolute Gasteiger partial charge is 0.478 e. The molecule has 0 saturated heterocycles. The number of benzene rings is 1. The summed E-state index contributed by atoms with van der Waals surface area (Å²) >= 11 is 0. The Bertz CT molecular complexity index is 691. The van der Waals surface area contributed by atoms with Crippen molar-refractivity contribution in [3.63, 3.8) is 0 Å². The summed E-state index contributed by atoms with van der Waals surface area (Å²) in [6.45, 7) is 4.59. The minimum absolute atomic E-state index is 0.365. The van der Waals surface area contributed by atoms with Gasteiger partial charge in [0.25, 0.3) is 0 Å². The van der Waals surface area contributed by atoms with E-state index in [0.29, 0.717) is 5.56 Å². The summed E-state index contributed by atoms with van der Waals surface area (Å²) in [6.07, 6.45) is 0.941. The lowest BCUT2D eigenvalue weighted by Crippen LogP contribution is -2.17. The van der Waals surface area contributed by atoms with E-state index >= 15 is 0 Å². The normalized spacial score (nSPS) is 14.4. The first-order valence-electron chi connectivity index (χ1n) is 7.16. The monoisotopic (exact) mass is 285 g/mol. The molecule has 5 heteroatoms. The molecular formula is C16H19N3O2. The van der Waals surface area contributed by atoms with Gasteiger partial charge in [-0.2, -0.15) is 5.10 Å². The van der Waals surface area contributed by atoms with Crippen LogP contribution in [0.3, 0.4) is 0 Å². The number of fused-ring (bicyclic) bond motifs is 1. The van der Waals surface area contributed by atoms with Crippen molar-refractivity contribution < 1.29 is 9.90 Å². The molecule has 0 bridgehead atoms. The van der Waals surface area contributed by atoms with Crippen LogP contribution in [0.1, 0.15) is 39.8 Å². The highest BCUT2D eigenvalue weighted by Gasteiger charge is 2.21. The molecule has 0 atom stereocenters. The van der Waals surface area contributed by atoms with Crippen molar-refractivity contribution in [2.45, 2.75) is 33.0 Å². The quantitative estimate of drug-likeness (QED) is 0.935. The van der Waals surface area contributed by atoms with Crippen molar-refractivity contribution >= 4 is 5.97 Å². The summed E-state index contributed by atoms with van der Waals surface area (Å²) < 4.78 is 1.94. The van der Waals surface area contributed by atoms with Gasteiger partial charge in [0, 0.05) is 26.7 Å². The van der Waals surface area contributed by atoms with Gasteiger partial charge in [-0.15, -0.1) is 0 Å². The molecule has 1 aliphatic heterocycles. The standard InChI is InChI=1S/C16H19N3O2/c1-3-14-7-15(18(2)17-14)10-19-8-12-5-4-11(16(20)21)6-13(12)9-19/h4-7H,3,8-10H2,1-2H3,(H,20,21). The van der Waals surface area contributed by atoms with Gasteiger partial charge < -0.3 is 5.11 Å². The molecule has 1 N–H and O–H groups in total. The first-order valence-corrected chi connectivity index (χ1v) is 7.16. The average Bonchev–Trinajstić information content (AvgIpc) is 3.01. The zero-order valence-corrected chi connectivity index (χ0v) is 12.3. The molecule has 5 nitrogen and oxygen atoms in total. The van der Waals surface area contributed by atoms with Crippen LogP contribution in [0.2, 0.25) is 0 Å². The molecule has 1 aromatic heterocycles. The minimum Gasteiger partial charge on any atom is -0.478 e. The van der Waals surface area contributed by atoms with E-state index in [2.05, 4.69) is 23.0 Å². The van der Waals surface area contributed by atoms with Gasteiger partial charge in [0.1, 0.15) is 0 Å². The number of hydrogen-bond acceptors (Lipinski definition) is 3. The molecule has 0 saturated carbocycles. The van der Waals surface area contributed by atoms with Gasteiger partial charge in [0.2, 0.25) is 0 Å². The first-order chi connectivity index (χ1) is 10.1. The van der Waals surface area contributed by atoms with E-state index in [1.807, 2.05) is 17.8 Å². The molecule has 21 heavy (non-hydrogen) atoms. The topological polar surface area (TPSA) is 58.4 Å². The fourth-order valence-electron chi connectivity index (χ4n) is 2.83. The number of aromatic nitrogens is 2. The lowest BCUT2D eigenvalue weighted by molar-refractivity contribution is 0.0696. The van der Waals surface area contributed by atoms with Crippen molar-refractivity contribution in [2.75, 3.05) is 0 Å².